The summed E-state index contributed by atoms with van der Waals surface area (Å²) in [6.45, 7) is 0. The van der Waals surface area contributed by atoms with Gasteiger partial charge in [-0.15, -0.1) is 0 Å². The Labute approximate surface area is 58.7 Å². The molecule has 0 aliphatic heterocycles. The van der Waals surface area contributed by atoms with Crippen molar-refractivity contribution in [3.8, 4) is 12.1 Å². The molecule has 0 spiro atoms. The predicted molar refractivity (Wildman–Crippen MR) is 21.6 cm³/mol. The summed E-state index contributed by atoms with van der Waals surface area (Å²) in [4.78, 5) is 0. The first-order valence-corrected chi connectivity index (χ1v) is 0.697. The molecule has 0 fully saturated rings. The van der Waals surface area contributed by atoms with Crippen LogP contribution in [0.15, 0.2) is 0 Å². The van der Waals surface area contributed by atoms with E-state index in [2.05, 4.69) is 0 Å². The van der Waals surface area contributed by atoms with Gasteiger partial charge in [0.25, 0.3) is 0 Å². The number of nitriles is 2. The molecule has 0 aromatic rings. The van der Waals surface area contributed by atoms with E-state index in [0.29, 0.717) is 0 Å². The molecule has 0 amide bonds. The van der Waals surface area contributed by atoms with Gasteiger partial charge in [0, 0.05) is 0 Å². The minimum atomic E-state index is 0. The molecule has 0 aliphatic rings. The van der Waals surface area contributed by atoms with Gasteiger partial charge < -0.3 is 0 Å². The molecule has 0 aromatic carbocycles. The summed E-state index contributed by atoms with van der Waals surface area (Å²) >= 11 is 0. The Hall–Kier alpha value is 0.0703. The molecular weight excluding hydrogens is 281 g/mol. The molecule has 0 aromatic heterocycles. The van der Waals surface area contributed by atoms with Gasteiger partial charge in [-0.05, 0) is 0 Å². The Morgan fingerprint density at radius 2 is 1.17 bits per heavy atom. The molecule has 0 saturated carbocycles. The molecule has 0 N–H and O–H groups in total. The Morgan fingerprint density at radius 3 is 1.17 bits per heavy atom. The predicted octanol–water partition coefficient (Wildman–Crippen LogP) is 0.144. The standard InChI is InChI=1S/C2N2.Au.H2S/c3-1-2-4;;/h;;1H2/q;+1;. The number of hydrogen-bond donors (Lipinski definition) is 0. The van der Waals surface area contributed by atoms with Crippen molar-refractivity contribution in [2.75, 3.05) is 0 Å². The van der Waals surface area contributed by atoms with Crippen LogP contribution in [0.2, 0.25) is 0 Å². The zero-order valence-corrected chi connectivity index (χ0v) is 5.86. The molecule has 0 rings (SSSR count). The molecular formula is C2H2AuN2S+. The maximum Gasteiger partial charge on any atom is 1.00 e. The number of rotatable bonds is 0. The summed E-state index contributed by atoms with van der Waals surface area (Å²) in [6, 6.07) is 2.47. The van der Waals surface area contributed by atoms with Crippen molar-refractivity contribution in [1.82, 2.24) is 0 Å². The van der Waals surface area contributed by atoms with Crippen LogP contribution in [0.5, 0.6) is 0 Å². The summed E-state index contributed by atoms with van der Waals surface area (Å²) in [6.07, 6.45) is 0. The summed E-state index contributed by atoms with van der Waals surface area (Å²) in [5.74, 6) is 0. The molecule has 6 heavy (non-hydrogen) atoms. The van der Waals surface area contributed by atoms with E-state index >= 15 is 0 Å². The van der Waals surface area contributed by atoms with Crippen LogP contribution in [0.3, 0.4) is 0 Å². The van der Waals surface area contributed by atoms with Crippen molar-refractivity contribution in [3.63, 3.8) is 0 Å². The number of nitrogens with zero attached hydrogens (tertiary/aromatic N) is 2. The van der Waals surface area contributed by atoms with E-state index in [4.69, 9.17) is 10.5 Å². The molecule has 0 saturated heterocycles. The molecule has 0 aliphatic carbocycles. The first kappa shape index (κ1) is 16.6. The van der Waals surface area contributed by atoms with Crippen LogP contribution >= 0.6 is 13.5 Å². The molecule has 36 valence electrons. The van der Waals surface area contributed by atoms with Gasteiger partial charge in [0.15, 0.2) is 12.1 Å². The Bertz CT molecular complexity index is 66.5. The van der Waals surface area contributed by atoms with Gasteiger partial charge in [-0.1, -0.05) is 0 Å². The van der Waals surface area contributed by atoms with Crippen molar-refractivity contribution in [3.05, 3.63) is 0 Å². The average molecular weight is 283 g/mol. The summed E-state index contributed by atoms with van der Waals surface area (Å²) in [5, 5.41) is 14.5. The topological polar surface area (TPSA) is 47.6 Å². The van der Waals surface area contributed by atoms with Gasteiger partial charge in [0.2, 0.25) is 0 Å². The second-order valence-electron chi connectivity index (χ2n) is 0.224. The largest absolute Gasteiger partial charge is 1.00 e. The fourth-order valence-corrected chi connectivity index (χ4v) is 0. The van der Waals surface area contributed by atoms with Crippen molar-refractivity contribution in [2.45, 2.75) is 0 Å². The second-order valence-corrected chi connectivity index (χ2v) is 0.224. The smallest absolute Gasteiger partial charge is 0.197 e. The maximum atomic E-state index is 7.26. The van der Waals surface area contributed by atoms with Gasteiger partial charge in [-0.25, -0.2) is 0 Å². The fourth-order valence-electron chi connectivity index (χ4n) is 0. The summed E-state index contributed by atoms with van der Waals surface area (Å²) < 4.78 is 0. The Kier molecular flexibility index (Phi) is 54.1. The van der Waals surface area contributed by atoms with Crippen molar-refractivity contribution in [2.24, 2.45) is 0 Å². The quantitative estimate of drug-likeness (QED) is 0.594. The third-order valence-electron chi connectivity index (χ3n) is 0.0500. The Morgan fingerprint density at radius 1 is 1.00 bits per heavy atom. The van der Waals surface area contributed by atoms with Gasteiger partial charge in [0.1, 0.15) is 0 Å². The van der Waals surface area contributed by atoms with E-state index in [1.807, 2.05) is 0 Å². The van der Waals surface area contributed by atoms with Crippen LogP contribution in [-0.2, 0) is 22.4 Å². The van der Waals surface area contributed by atoms with Crippen LogP contribution in [0.25, 0.3) is 0 Å². The van der Waals surface area contributed by atoms with Crippen molar-refractivity contribution >= 4 is 13.5 Å². The SMILES string of the molecule is N#CC#N.S.[Au+]. The van der Waals surface area contributed by atoms with Gasteiger partial charge in [0.05, 0.1) is 0 Å². The van der Waals surface area contributed by atoms with Crippen molar-refractivity contribution < 1.29 is 22.4 Å². The number of hydrogen-bond acceptors (Lipinski definition) is 2. The first-order chi connectivity index (χ1) is 1.91. The van der Waals surface area contributed by atoms with Crippen LogP contribution in [0, 0.1) is 22.7 Å². The zero-order chi connectivity index (χ0) is 3.41. The summed E-state index contributed by atoms with van der Waals surface area (Å²) in [5.41, 5.74) is 0. The van der Waals surface area contributed by atoms with E-state index in [-0.39, 0.29) is 35.9 Å². The minimum Gasteiger partial charge on any atom is -0.197 e. The molecule has 0 radical (unpaired) electrons. The average Bonchev–Trinajstić information content (AvgIpc) is 1.37. The second kappa shape index (κ2) is 19.6. The maximum absolute atomic E-state index is 7.26. The molecule has 0 atom stereocenters. The van der Waals surface area contributed by atoms with Crippen LogP contribution in [-0.4, -0.2) is 0 Å². The Balaban J connectivity index is -0.0000000450. The third-order valence-corrected chi connectivity index (χ3v) is 0.0500. The molecule has 0 heterocycles. The zero-order valence-electron chi connectivity index (χ0n) is 2.70. The van der Waals surface area contributed by atoms with Gasteiger partial charge >= 0.3 is 22.4 Å². The molecule has 0 bridgehead atoms. The van der Waals surface area contributed by atoms with E-state index in [0.717, 1.165) is 0 Å². The minimum absolute atomic E-state index is 0. The van der Waals surface area contributed by atoms with Crippen LogP contribution in [0.1, 0.15) is 0 Å². The van der Waals surface area contributed by atoms with E-state index in [1.54, 1.807) is 0 Å². The van der Waals surface area contributed by atoms with Gasteiger partial charge in [-0.3, -0.25) is 0 Å². The normalized spacial score (nSPS) is 1.67. The van der Waals surface area contributed by atoms with E-state index in [9.17, 15) is 0 Å². The first-order valence-electron chi connectivity index (χ1n) is 0.697. The van der Waals surface area contributed by atoms with E-state index in [1.165, 1.54) is 12.1 Å². The molecule has 0 unspecified atom stereocenters. The van der Waals surface area contributed by atoms with Crippen LogP contribution in [0.4, 0.5) is 0 Å². The van der Waals surface area contributed by atoms with E-state index < -0.39 is 0 Å². The van der Waals surface area contributed by atoms with Crippen molar-refractivity contribution in [1.29, 1.82) is 10.5 Å². The molecule has 2 nitrogen and oxygen atoms in total. The van der Waals surface area contributed by atoms with Gasteiger partial charge in [-0.2, -0.15) is 24.0 Å². The monoisotopic (exact) mass is 283 g/mol. The fraction of sp³-hybridized carbons (Fsp3) is 0. The molecule has 4 heteroatoms. The van der Waals surface area contributed by atoms with Crippen LogP contribution < -0.4 is 0 Å². The summed E-state index contributed by atoms with van der Waals surface area (Å²) in [7, 11) is 0. The third kappa shape index (κ3) is 33.5.